The molecular formula is C21H24N4O5S. The highest BCUT2D eigenvalue weighted by Crippen LogP contribution is 2.33. The molecule has 2 N–H and O–H groups in total. The molecule has 164 valence electrons. The third kappa shape index (κ3) is 4.69. The van der Waals surface area contributed by atoms with Crippen LogP contribution < -0.4 is 10.0 Å². The average molecular weight is 445 g/mol. The van der Waals surface area contributed by atoms with E-state index < -0.39 is 14.9 Å². The number of hydrogen-bond donors (Lipinski definition) is 2. The third-order valence-electron chi connectivity index (χ3n) is 5.00. The molecule has 0 bridgehead atoms. The van der Waals surface area contributed by atoms with Gasteiger partial charge in [-0.05, 0) is 58.4 Å². The summed E-state index contributed by atoms with van der Waals surface area (Å²) in [6, 6.07) is 8.75. The maximum Gasteiger partial charge on any atom is 0.293 e. The van der Waals surface area contributed by atoms with Gasteiger partial charge in [0.15, 0.2) is 0 Å². The molecule has 0 aliphatic heterocycles. The molecule has 1 unspecified atom stereocenters. The van der Waals surface area contributed by atoms with Crippen LogP contribution in [-0.4, -0.2) is 18.5 Å². The lowest BCUT2D eigenvalue weighted by molar-refractivity contribution is -0.384. The zero-order valence-corrected chi connectivity index (χ0v) is 18.7. The Morgan fingerprint density at radius 2 is 1.74 bits per heavy atom. The van der Waals surface area contributed by atoms with E-state index in [2.05, 4.69) is 15.2 Å². The van der Waals surface area contributed by atoms with Gasteiger partial charge in [0.2, 0.25) is 0 Å². The molecule has 0 radical (unpaired) electrons. The van der Waals surface area contributed by atoms with Gasteiger partial charge in [0.1, 0.15) is 11.4 Å². The van der Waals surface area contributed by atoms with Crippen molar-refractivity contribution < 1.29 is 17.9 Å². The van der Waals surface area contributed by atoms with Crippen LogP contribution in [0.4, 0.5) is 17.1 Å². The van der Waals surface area contributed by atoms with Crippen molar-refractivity contribution in [2.75, 3.05) is 10.0 Å². The number of rotatable bonds is 7. The van der Waals surface area contributed by atoms with Crippen molar-refractivity contribution in [3.63, 3.8) is 0 Å². The van der Waals surface area contributed by atoms with Gasteiger partial charge < -0.3 is 9.84 Å². The zero-order valence-electron chi connectivity index (χ0n) is 17.9. The number of nitrogens with zero attached hydrogens (tertiary/aromatic N) is 2. The van der Waals surface area contributed by atoms with Crippen LogP contribution in [-0.2, 0) is 10.0 Å². The highest BCUT2D eigenvalue weighted by atomic mass is 32.2. The smallest absolute Gasteiger partial charge is 0.293 e. The molecule has 0 saturated heterocycles. The van der Waals surface area contributed by atoms with Crippen LogP contribution in [0.25, 0.3) is 0 Å². The van der Waals surface area contributed by atoms with Gasteiger partial charge in [-0.25, -0.2) is 8.42 Å². The fraction of sp³-hybridized carbons (Fsp3) is 0.286. The van der Waals surface area contributed by atoms with Crippen molar-refractivity contribution in [3.8, 4) is 0 Å². The molecule has 3 aromatic rings. The second-order valence-corrected chi connectivity index (χ2v) is 9.15. The van der Waals surface area contributed by atoms with E-state index in [1.165, 1.54) is 12.1 Å². The molecule has 1 aromatic heterocycles. The SMILES string of the molecule is Cc1ccc(NS(=O)(=O)c2ccc(NC(C)c3c(C)noc3C)c([N+](=O)[O-])c2)c(C)c1. The van der Waals surface area contributed by atoms with E-state index in [1.807, 2.05) is 19.9 Å². The fourth-order valence-electron chi connectivity index (χ4n) is 3.50. The Morgan fingerprint density at radius 3 is 2.32 bits per heavy atom. The van der Waals surface area contributed by atoms with Crippen molar-refractivity contribution in [1.29, 1.82) is 0 Å². The topological polar surface area (TPSA) is 127 Å². The Morgan fingerprint density at radius 1 is 1.06 bits per heavy atom. The summed E-state index contributed by atoms with van der Waals surface area (Å²) in [4.78, 5) is 10.9. The van der Waals surface area contributed by atoms with Crippen molar-refractivity contribution in [2.24, 2.45) is 0 Å². The van der Waals surface area contributed by atoms with E-state index in [9.17, 15) is 18.5 Å². The highest BCUT2D eigenvalue weighted by Gasteiger charge is 2.24. The normalized spacial score (nSPS) is 12.4. The van der Waals surface area contributed by atoms with Crippen LogP contribution in [0, 0.1) is 37.8 Å². The first-order valence-electron chi connectivity index (χ1n) is 9.57. The highest BCUT2D eigenvalue weighted by molar-refractivity contribution is 7.92. The first-order chi connectivity index (χ1) is 14.5. The number of aromatic nitrogens is 1. The number of nitrogens with one attached hydrogen (secondary N) is 2. The lowest BCUT2D eigenvalue weighted by Crippen LogP contribution is -2.15. The minimum atomic E-state index is -4.01. The zero-order chi connectivity index (χ0) is 22.9. The second kappa shape index (κ2) is 8.38. The number of hydrogen-bond acceptors (Lipinski definition) is 7. The fourth-order valence-corrected chi connectivity index (χ4v) is 4.65. The van der Waals surface area contributed by atoms with Crippen molar-refractivity contribution in [2.45, 2.75) is 45.6 Å². The standard InChI is InChI=1S/C21H24N4O5S/c1-12-6-8-18(13(2)10-12)24-31(28,29)17-7-9-19(20(11-17)25(26)27)22-14(3)21-15(4)23-30-16(21)5/h6-11,14,22,24H,1-5H3. The maximum atomic E-state index is 12.8. The molecule has 0 fully saturated rings. The van der Waals surface area contributed by atoms with Gasteiger partial charge in [-0.15, -0.1) is 0 Å². The minimum Gasteiger partial charge on any atom is -0.373 e. The summed E-state index contributed by atoms with van der Waals surface area (Å²) in [6.07, 6.45) is 0. The van der Waals surface area contributed by atoms with Crippen molar-refractivity contribution >= 4 is 27.1 Å². The van der Waals surface area contributed by atoms with Crippen LogP contribution in [0.1, 0.15) is 41.1 Å². The molecule has 0 amide bonds. The van der Waals surface area contributed by atoms with Gasteiger partial charge in [-0.2, -0.15) is 0 Å². The summed E-state index contributed by atoms with van der Waals surface area (Å²) >= 11 is 0. The minimum absolute atomic E-state index is 0.197. The molecular weight excluding hydrogens is 420 g/mol. The van der Waals surface area contributed by atoms with E-state index >= 15 is 0 Å². The molecule has 3 rings (SSSR count). The van der Waals surface area contributed by atoms with Crippen LogP contribution in [0.2, 0.25) is 0 Å². The van der Waals surface area contributed by atoms with Gasteiger partial charge in [-0.3, -0.25) is 14.8 Å². The Bertz CT molecular complexity index is 1230. The van der Waals surface area contributed by atoms with Crippen LogP contribution in [0.3, 0.4) is 0 Å². The largest absolute Gasteiger partial charge is 0.373 e. The summed E-state index contributed by atoms with van der Waals surface area (Å²) in [5.41, 5.74) is 3.50. The van der Waals surface area contributed by atoms with E-state index in [4.69, 9.17) is 4.52 Å². The molecule has 0 saturated carbocycles. The van der Waals surface area contributed by atoms with Crippen molar-refractivity contribution in [3.05, 3.63) is 74.7 Å². The van der Waals surface area contributed by atoms with Crippen LogP contribution >= 0.6 is 0 Å². The van der Waals surface area contributed by atoms with Gasteiger partial charge in [-0.1, -0.05) is 22.9 Å². The van der Waals surface area contributed by atoms with E-state index in [0.29, 0.717) is 17.1 Å². The molecule has 0 spiro atoms. The van der Waals surface area contributed by atoms with Gasteiger partial charge >= 0.3 is 0 Å². The summed E-state index contributed by atoms with van der Waals surface area (Å²) in [5, 5.41) is 18.6. The predicted molar refractivity (Wildman–Crippen MR) is 118 cm³/mol. The molecule has 31 heavy (non-hydrogen) atoms. The molecule has 1 atom stereocenters. The van der Waals surface area contributed by atoms with E-state index in [0.717, 1.165) is 22.8 Å². The van der Waals surface area contributed by atoms with Gasteiger partial charge in [0.05, 0.1) is 27.2 Å². The van der Waals surface area contributed by atoms with Gasteiger partial charge in [0, 0.05) is 11.6 Å². The Hall–Kier alpha value is -3.40. The number of aryl methyl sites for hydroxylation is 4. The van der Waals surface area contributed by atoms with E-state index in [1.54, 1.807) is 32.9 Å². The number of nitro groups is 1. The Labute approximate surface area is 180 Å². The molecule has 9 nitrogen and oxygen atoms in total. The predicted octanol–water partition coefficient (Wildman–Crippen LogP) is 4.79. The molecule has 0 aliphatic carbocycles. The lowest BCUT2D eigenvalue weighted by Gasteiger charge is -2.16. The number of sulfonamides is 1. The Balaban J connectivity index is 1.93. The van der Waals surface area contributed by atoms with E-state index in [-0.39, 0.29) is 22.3 Å². The first-order valence-corrected chi connectivity index (χ1v) is 11.1. The van der Waals surface area contributed by atoms with Crippen LogP contribution in [0.5, 0.6) is 0 Å². The van der Waals surface area contributed by atoms with Gasteiger partial charge in [0.25, 0.3) is 15.7 Å². The first kappa shape index (κ1) is 22.3. The molecule has 1 heterocycles. The molecule has 10 heteroatoms. The Kier molecular flexibility index (Phi) is 6.03. The van der Waals surface area contributed by atoms with Crippen LogP contribution in [0.15, 0.2) is 45.8 Å². The number of benzene rings is 2. The summed E-state index contributed by atoms with van der Waals surface area (Å²) in [7, 11) is -4.01. The average Bonchev–Trinajstić information content (AvgIpc) is 3.02. The third-order valence-corrected chi connectivity index (χ3v) is 6.36. The summed E-state index contributed by atoms with van der Waals surface area (Å²) < 4.78 is 33.4. The molecule has 2 aromatic carbocycles. The number of nitro benzene ring substituents is 1. The quantitative estimate of drug-likeness (QED) is 0.396. The number of anilines is 2. The maximum absolute atomic E-state index is 12.8. The lowest BCUT2D eigenvalue weighted by atomic mass is 10.1. The summed E-state index contributed by atoms with van der Waals surface area (Å²) in [6.45, 7) is 9.06. The molecule has 0 aliphatic rings. The van der Waals surface area contributed by atoms with Crippen molar-refractivity contribution in [1.82, 2.24) is 5.16 Å². The summed E-state index contributed by atoms with van der Waals surface area (Å²) in [5.74, 6) is 0.608. The second-order valence-electron chi connectivity index (χ2n) is 7.46. The monoisotopic (exact) mass is 444 g/mol.